The van der Waals surface area contributed by atoms with E-state index in [0.29, 0.717) is 24.5 Å². The van der Waals surface area contributed by atoms with E-state index < -0.39 is 11.8 Å². The third-order valence-electron chi connectivity index (χ3n) is 4.84. The van der Waals surface area contributed by atoms with Crippen LogP contribution in [0.15, 0.2) is 84.9 Å². The lowest BCUT2D eigenvalue weighted by atomic mass is 10.2. The third-order valence-corrected chi connectivity index (χ3v) is 5.20. The molecule has 0 bridgehead atoms. The number of hydrogen-bond donors (Lipinski definition) is 2. The second-order valence-corrected chi connectivity index (χ2v) is 7.78. The van der Waals surface area contributed by atoms with E-state index in [0.717, 1.165) is 11.3 Å². The first-order chi connectivity index (χ1) is 16.5. The zero-order chi connectivity index (χ0) is 24.2. The van der Waals surface area contributed by atoms with Gasteiger partial charge in [-0.2, -0.15) is 0 Å². The zero-order valence-corrected chi connectivity index (χ0v) is 19.5. The average molecular weight is 478 g/mol. The summed E-state index contributed by atoms with van der Waals surface area (Å²) in [5.41, 5.74) is 6.66. The van der Waals surface area contributed by atoms with Gasteiger partial charge in [-0.1, -0.05) is 60.7 Å². The Kier molecular flexibility index (Phi) is 9.42. The van der Waals surface area contributed by atoms with Crippen molar-refractivity contribution in [2.24, 2.45) is 5.73 Å². The number of carbonyl (C=O) groups excluding carboxylic acids is 2. The fourth-order valence-electron chi connectivity index (χ4n) is 3.15. The maximum absolute atomic E-state index is 13.0. The minimum absolute atomic E-state index is 0.115. The fraction of sp³-hybridized carbons (Fsp3) is 0.192. The standard InChI is InChI=1S/C26H27N3O4S/c27-24(30)15-16-29(19-20-9-3-1-4-10-20)26(34)28-25(31)22-13-7-8-14-23(22)33-18-17-32-21-11-5-2-6-12-21/h1-14H,15-19H2,(H2,27,30)(H,28,31,34). The van der Waals surface area contributed by atoms with Crippen LogP contribution in [0.25, 0.3) is 0 Å². The molecule has 0 saturated heterocycles. The number of ether oxygens (including phenoxy) is 2. The van der Waals surface area contributed by atoms with Crippen LogP contribution in [0, 0.1) is 0 Å². The Morgan fingerprint density at radius 1 is 0.853 bits per heavy atom. The number of nitrogens with one attached hydrogen (secondary N) is 1. The monoisotopic (exact) mass is 477 g/mol. The molecular weight excluding hydrogens is 450 g/mol. The predicted octanol–water partition coefficient (Wildman–Crippen LogP) is 3.54. The molecule has 0 heterocycles. The molecule has 0 radical (unpaired) electrons. The lowest BCUT2D eigenvalue weighted by Crippen LogP contribution is -2.43. The Hall–Kier alpha value is -3.91. The van der Waals surface area contributed by atoms with Crippen LogP contribution >= 0.6 is 12.2 Å². The maximum atomic E-state index is 13.0. The maximum Gasteiger partial charge on any atom is 0.261 e. The summed E-state index contributed by atoms with van der Waals surface area (Å²) < 4.78 is 11.4. The van der Waals surface area contributed by atoms with E-state index >= 15 is 0 Å². The minimum Gasteiger partial charge on any atom is -0.490 e. The van der Waals surface area contributed by atoms with Gasteiger partial charge >= 0.3 is 0 Å². The molecule has 0 fully saturated rings. The summed E-state index contributed by atoms with van der Waals surface area (Å²) in [5, 5.41) is 2.96. The van der Waals surface area contributed by atoms with Crippen molar-refractivity contribution >= 4 is 29.1 Å². The van der Waals surface area contributed by atoms with Crippen LogP contribution in [-0.4, -0.2) is 41.6 Å². The molecule has 0 saturated carbocycles. The molecule has 0 aliphatic heterocycles. The SMILES string of the molecule is NC(=O)CCN(Cc1ccccc1)C(=S)NC(=O)c1ccccc1OCCOc1ccccc1. The summed E-state index contributed by atoms with van der Waals surface area (Å²) in [6.45, 7) is 1.32. The number of amides is 2. The van der Waals surface area contributed by atoms with Gasteiger partial charge in [0, 0.05) is 19.5 Å². The van der Waals surface area contributed by atoms with Gasteiger partial charge < -0.3 is 20.1 Å². The molecule has 34 heavy (non-hydrogen) atoms. The highest BCUT2D eigenvalue weighted by Gasteiger charge is 2.18. The molecule has 2 amide bonds. The molecule has 0 unspecified atom stereocenters. The summed E-state index contributed by atoms with van der Waals surface area (Å²) in [4.78, 5) is 26.1. The fourth-order valence-corrected chi connectivity index (χ4v) is 3.40. The number of benzene rings is 3. The van der Waals surface area contributed by atoms with Gasteiger partial charge in [-0.3, -0.25) is 14.9 Å². The summed E-state index contributed by atoms with van der Waals surface area (Å²) >= 11 is 5.49. The van der Waals surface area contributed by atoms with E-state index in [9.17, 15) is 9.59 Å². The molecular formula is C26H27N3O4S. The minimum atomic E-state index is -0.441. The van der Waals surface area contributed by atoms with Crippen LogP contribution in [0.1, 0.15) is 22.3 Å². The third kappa shape index (κ3) is 7.90. The number of hydrogen-bond acceptors (Lipinski definition) is 5. The Labute approximate surface area is 204 Å². The van der Waals surface area contributed by atoms with Gasteiger partial charge in [0.2, 0.25) is 5.91 Å². The molecule has 0 aromatic heterocycles. The molecule has 0 atom stereocenters. The van der Waals surface area contributed by atoms with Crippen molar-refractivity contribution in [1.82, 2.24) is 10.2 Å². The van der Waals surface area contributed by atoms with Crippen molar-refractivity contribution in [3.8, 4) is 11.5 Å². The molecule has 3 N–H and O–H groups in total. The van der Waals surface area contributed by atoms with E-state index in [1.807, 2.05) is 60.7 Å². The van der Waals surface area contributed by atoms with E-state index in [1.54, 1.807) is 29.2 Å². The summed E-state index contributed by atoms with van der Waals surface area (Å²) in [6, 6.07) is 26.0. The molecule has 0 spiro atoms. The Morgan fingerprint density at radius 2 is 1.47 bits per heavy atom. The van der Waals surface area contributed by atoms with Gasteiger partial charge in [-0.05, 0) is 42.0 Å². The number of para-hydroxylation sites is 2. The van der Waals surface area contributed by atoms with E-state index in [1.165, 1.54) is 0 Å². The van der Waals surface area contributed by atoms with Crippen LogP contribution in [0.5, 0.6) is 11.5 Å². The first kappa shape index (κ1) is 24.7. The number of carbonyl (C=O) groups is 2. The summed E-state index contributed by atoms with van der Waals surface area (Å²) in [7, 11) is 0. The van der Waals surface area contributed by atoms with Gasteiger partial charge in [0.05, 0.1) is 5.56 Å². The quantitative estimate of drug-likeness (QED) is 0.324. The Bertz CT molecular complexity index is 1090. The van der Waals surface area contributed by atoms with Crippen molar-refractivity contribution in [3.05, 3.63) is 96.1 Å². The molecule has 8 heteroatoms. The predicted molar refractivity (Wildman–Crippen MR) is 135 cm³/mol. The van der Waals surface area contributed by atoms with E-state index in [-0.39, 0.29) is 24.7 Å². The van der Waals surface area contributed by atoms with Gasteiger partial charge in [0.1, 0.15) is 24.7 Å². The lowest BCUT2D eigenvalue weighted by molar-refractivity contribution is -0.118. The number of nitrogens with zero attached hydrogens (tertiary/aromatic N) is 1. The number of nitrogens with two attached hydrogens (primary N) is 1. The molecule has 7 nitrogen and oxygen atoms in total. The first-order valence-electron chi connectivity index (χ1n) is 10.8. The smallest absolute Gasteiger partial charge is 0.261 e. The molecule has 3 aromatic carbocycles. The van der Waals surface area contributed by atoms with Crippen LogP contribution in [0.4, 0.5) is 0 Å². The summed E-state index contributed by atoms with van der Waals surface area (Å²) in [6.07, 6.45) is 0.115. The average Bonchev–Trinajstić information content (AvgIpc) is 2.85. The number of primary amides is 1. The van der Waals surface area contributed by atoms with Gasteiger partial charge in [0.25, 0.3) is 5.91 Å². The van der Waals surface area contributed by atoms with E-state index in [2.05, 4.69) is 5.32 Å². The highest BCUT2D eigenvalue weighted by molar-refractivity contribution is 7.80. The highest BCUT2D eigenvalue weighted by Crippen LogP contribution is 2.18. The van der Waals surface area contributed by atoms with Crippen LogP contribution in [0.3, 0.4) is 0 Å². The van der Waals surface area contributed by atoms with Crippen LogP contribution < -0.4 is 20.5 Å². The van der Waals surface area contributed by atoms with Crippen molar-refractivity contribution < 1.29 is 19.1 Å². The molecule has 0 aliphatic carbocycles. The van der Waals surface area contributed by atoms with Crippen molar-refractivity contribution in [3.63, 3.8) is 0 Å². The van der Waals surface area contributed by atoms with Crippen molar-refractivity contribution in [2.45, 2.75) is 13.0 Å². The van der Waals surface area contributed by atoms with Crippen molar-refractivity contribution in [2.75, 3.05) is 19.8 Å². The normalized spacial score (nSPS) is 10.2. The second-order valence-electron chi connectivity index (χ2n) is 7.39. The highest BCUT2D eigenvalue weighted by atomic mass is 32.1. The first-order valence-corrected chi connectivity index (χ1v) is 11.3. The Morgan fingerprint density at radius 3 is 2.18 bits per heavy atom. The topological polar surface area (TPSA) is 93.9 Å². The second kappa shape index (κ2) is 13.0. The Balaban J connectivity index is 1.61. The molecule has 176 valence electrons. The molecule has 0 aliphatic rings. The lowest BCUT2D eigenvalue weighted by Gasteiger charge is -2.25. The molecule has 3 rings (SSSR count). The van der Waals surface area contributed by atoms with Gasteiger partial charge in [0.15, 0.2) is 5.11 Å². The number of thiocarbonyl (C=S) groups is 1. The summed E-state index contributed by atoms with van der Waals surface area (Å²) in [5.74, 6) is 0.327. The molecule has 3 aromatic rings. The van der Waals surface area contributed by atoms with Crippen LogP contribution in [0.2, 0.25) is 0 Å². The van der Waals surface area contributed by atoms with Crippen molar-refractivity contribution in [1.29, 1.82) is 0 Å². The van der Waals surface area contributed by atoms with Crippen LogP contribution in [-0.2, 0) is 11.3 Å². The van der Waals surface area contributed by atoms with E-state index in [4.69, 9.17) is 27.4 Å². The van der Waals surface area contributed by atoms with Gasteiger partial charge in [-0.15, -0.1) is 0 Å². The van der Waals surface area contributed by atoms with Gasteiger partial charge in [-0.25, -0.2) is 0 Å². The number of rotatable bonds is 11. The largest absolute Gasteiger partial charge is 0.490 e. The zero-order valence-electron chi connectivity index (χ0n) is 18.7.